The van der Waals surface area contributed by atoms with Gasteiger partial charge in [-0.1, -0.05) is 48.5 Å². The number of hydrogen-bond acceptors (Lipinski definition) is 5. The van der Waals surface area contributed by atoms with Crippen LogP contribution in [0.25, 0.3) is 39.0 Å². The highest BCUT2D eigenvalue weighted by molar-refractivity contribution is 5.84. The monoisotopic (exact) mass is 596 g/mol. The molecule has 1 aromatic heterocycles. The van der Waals surface area contributed by atoms with Crippen molar-refractivity contribution in [1.29, 1.82) is 0 Å². The molecule has 0 radical (unpaired) electrons. The van der Waals surface area contributed by atoms with Crippen molar-refractivity contribution in [2.75, 3.05) is 22.5 Å². The summed E-state index contributed by atoms with van der Waals surface area (Å²) in [6, 6.07) is 39.7. The van der Waals surface area contributed by atoms with Gasteiger partial charge in [-0.3, -0.25) is 4.57 Å². The fourth-order valence-electron chi connectivity index (χ4n) is 4.99. The molecule has 0 aliphatic rings. The summed E-state index contributed by atoms with van der Waals surface area (Å²) in [6.07, 6.45) is 1.79. The summed E-state index contributed by atoms with van der Waals surface area (Å²) in [7, 11) is 0. The molecule has 8 heteroatoms. The molecular formula is C37H30F2N6. The van der Waals surface area contributed by atoms with E-state index in [1.165, 1.54) is 24.3 Å². The van der Waals surface area contributed by atoms with Gasteiger partial charge in [0.05, 0.1) is 22.4 Å². The Morgan fingerprint density at radius 3 is 1.76 bits per heavy atom. The molecule has 0 spiro atoms. The van der Waals surface area contributed by atoms with E-state index in [2.05, 4.69) is 10.3 Å². The van der Waals surface area contributed by atoms with Crippen LogP contribution >= 0.6 is 0 Å². The lowest BCUT2D eigenvalue weighted by Crippen LogP contribution is -1.97. The number of nitrogens with zero attached hydrogens (tertiary/aromatic N) is 2. The first kappa shape index (κ1) is 28.9. The van der Waals surface area contributed by atoms with Crippen LogP contribution in [0, 0.1) is 11.6 Å². The van der Waals surface area contributed by atoms with Crippen molar-refractivity contribution >= 4 is 39.5 Å². The van der Waals surface area contributed by atoms with E-state index in [9.17, 15) is 8.78 Å². The van der Waals surface area contributed by atoms with Crippen molar-refractivity contribution in [2.24, 2.45) is 0 Å². The number of nitrogens with one attached hydrogen (secondary N) is 1. The van der Waals surface area contributed by atoms with Crippen molar-refractivity contribution in [2.45, 2.75) is 0 Å². The van der Waals surface area contributed by atoms with Gasteiger partial charge < -0.3 is 22.5 Å². The molecule has 0 unspecified atom stereocenters. The predicted molar refractivity (Wildman–Crippen MR) is 181 cm³/mol. The van der Waals surface area contributed by atoms with E-state index < -0.39 is 0 Å². The van der Waals surface area contributed by atoms with Crippen molar-refractivity contribution in [3.8, 4) is 27.9 Å². The number of nitrogen functional groups attached to an aromatic ring is 3. The van der Waals surface area contributed by atoms with Crippen LogP contribution in [-0.4, -0.2) is 9.55 Å². The number of anilines is 5. The van der Waals surface area contributed by atoms with E-state index in [0.29, 0.717) is 17.1 Å². The Balaban J connectivity index is 0.000000159. The Labute approximate surface area is 259 Å². The van der Waals surface area contributed by atoms with Gasteiger partial charge >= 0.3 is 0 Å². The lowest BCUT2D eigenvalue weighted by atomic mass is 10.0. The van der Waals surface area contributed by atoms with Crippen molar-refractivity contribution in [3.63, 3.8) is 0 Å². The van der Waals surface area contributed by atoms with Crippen LogP contribution < -0.4 is 22.5 Å². The average molecular weight is 597 g/mol. The summed E-state index contributed by atoms with van der Waals surface area (Å²) < 4.78 is 28.0. The number of halogens is 2. The van der Waals surface area contributed by atoms with Gasteiger partial charge in [0, 0.05) is 22.7 Å². The second-order valence-electron chi connectivity index (χ2n) is 10.5. The first-order valence-electron chi connectivity index (χ1n) is 14.2. The van der Waals surface area contributed by atoms with Crippen LogP contribution in [0.1, 0.15) is 0 Å². The number of hydrogen-bond donors (Lipinski definition) is 4. The molecule has 0 fully saturated rings. The predicted octanol–water partition coefficient (Wildman–Crippen LogP) is 8.81. The maximum Gasteiger partial charge on any atom is 0.123 e. The largest absolute Gasteiger partial charge is 0.399 e. The van der Waals surface area contributed by atoms with E-state index in [1.54, 1.807) is 30.6 Å². The Hall–Kier alpha value is -6.15. The zero-order chi connectivity index (χ0) is 31.3. The number of benzene rings is 6. The summed E-state index contributed by atoms with van der Waals surface area (Å²) in [5.74, 6) is -0.488. The molecule has 7 rings (SSSR count). The molecule has 0 bridgehead atoms. The molecule has 7 N–H and O–H groups in total. The number of nitrogens with two attached hydrogens (primary N) is 3. The van der Waals surface area contributed by atoms with Crippen LogP contribution in [0.5, 0.6) is 0 Å². The third kappa shape index (κ3) is 6.76. The molecule has 0 saturated carbocycles. The van der Waals surface area contributed by atoms with Crippen molar-refractivity contribution in [3.05, 3.63) is 151 Å². The van der Waals surface area contributed by atoms with Gasteiger partial charge in [0.2, 0.25) is 0 Å². The molecule has 45 heavy (non-hydrogen) atoms. The van der Waals surface area contributed by atoms with Gasteiger partial charge in [0.15, 0.2) is 0 Å². The SMILES string of the molecule is Nc1cccc(-n2cnc3cc(-c4ccc(F)cc4)ccc32)c1.Nc1cccc(Nc2ccc(-c3ccc(F)cc3)cc2N)c1. The Morgan fingerprint density at radius 2 is 1.13 bits per heavy atom. The molecular weight excluding hydrogens is 566 g/mol. The molecule has 1 heterocycles. The Bertz CT molecular complexity index is 2090. The second-order valence-corrected chi connectivity index (χ2v) is 10.5. The van der Waals surface area contributed by atoms with E-state index >= 15 is 0 Å². The molecule has 0 atom stereocenters. The maximum atomic E-state index is 13.1. The van der Waals surface area contributed by atoms with E-state index in [4.69, 9.17) is 17.2 Å². The summed E-state index contributed by atoms with van der Waals surface area (Å²) in [5, 5.41) is 3.24. The Morgan fingerprint density at radius 1 is 0.556 bits per heavy atom. The van der Waals surface area contributed by atoms with Gasteiger partial charge in [0.25, 0.3) is 0 Å². The minimum atomic E-state index is -0.253. The van der Waals surface area contributed by atoms with E-state index in [-0.39, 0.29) is 11.6 Å². The lowest BCUT2D eigenvalue weighted by molar-refractivity contribution is 0.627. The van der Waals surface area contributed by atoms with Crippen LogP contribution in [0.15, 0.2) is 140 Å². The molecule has 0 amide bonds. The third-order valence-corrected chi connectivity index (χ3v) is 7.27. The van der Waals surface area contributed by atoms with Crippen LogP contribution in [0.4, 0.5) is 37.2 Å². The van der Waals surface area contributed by atoms with Gasteiger partial charge in [-0.05, 0) is 107 Å². The van der Waals surface area contributed by atoms with Crippen molar-refractivity contribution in [1.82, 2.24) is 9.55 Å². The minimum absolute atomic E-state index is 0.235. The normalized spacial score (nSPS) is 10.7. The quantitative estimate of drug-likeness (QED) is 0.149. The lowest BCUT2D eigenvalue weighted by Gasteiger charge is -2.11. The summed E-state index contributed by atoms with van der Waals surface area (Å²) in [6.45, 7) is 0. The van der Waals surface area contributed by atoms with Crippen LogP contribution in [-0.2, 0) is 0 Å². The highest BCUT2D eigenvalue weighted by Crippen LogP contribution is 2.30. The van der Waals surface area contributed by atoms with Gasteiger partial charge in [-0.2, -0.15) is 0 Å². The van der Waals surface area contributed by atoms with Crippen molar-refractivity contribution < 1.29 is 8.78 Å². The molecule has 7 aromatic rings. The number of rotatable bonds is 5. The third-order valence-electron chi connectivity index (χ3n) is 7.27. The second kappa shape index (κ2) is 12.6. The van der Waals surface area contributed by atoms with E-state index in [0.717, 1.165) is 50.3 Å². The minimum Gasteiger partial charge on any atom is -0.399 e. The van der Waals surface area contributed by atoms with Crippen LogP contribution in [0.3, 0.4) is 0 Å². The Kier molecular flexibility index (Phi) is 8.11. The highest BCUT2D eigenvalue weighted by atomic mass is 19.1. The zero-order valence-electron chi connectivity index (χ0n) is 24.2. The van der Waals surface area contributed by atoms with Gasteiger partial charge in [0.1, 0.15) is 18.0 Å². The van der Waals surface area contributed by atoms with Crippen LogP contribution in [0.2, 0.25) is 0 Å². The fraction of sp³-hybridized carbons (Fsp3) is 0. The topological polar surface area (TPSA) is 108 Å². The summed E-state index contributed by atoms with van der Waals surface area (Å²) >= 11 is 0. The fourth-order valence-corrected chi connectivity index (χ4v) is 4.99. The summed E-state index contributed by atoms with van der Waals surface area (Å²) in [5.41, 5.74) is 28.1. The molecule has 0 aliphatic heterocycles. The number of imidazole rings is 1. The molecule has 6 aromatic carbocycles. The first-order valence-corrected chi connectivity index (χ1v) is 14.2. The smallest absolute Gasteiger partial charge is 0.123 e. The highest BCUT2D eigenvalue weighted by Gasteiger charge is 2.08. The molecule has 222 valence electrons. The van der Waals surface area contributed by atoms with Gasteiger partial charge in [-0.15, -0.1) is 0 Å². The molecule has 6 nitrogen and oxygen atoms in total. The average Bonchev–Trinajstić information content (AvgIpc) is 3.47. The number of fused-ring (bicyclic) bond motifs is 1. The van der Waals surface area contributed by atoms with E-state index in [1.807, 2.05) is 89.5 Å². The maximum absolute atomic E-state index is 13.1. The zero-order valence-corrected chi connectivity index (χ0v) is 24.2. The number of aromatic nitrogens is 2. The van der Waals surface area contributed by atoms with Gasteiger partial charge in [-0.25, -0.2) is 13.8 Å². The molecule has 0 aliphatic carbocycles. The molecule has 0 saturated heterocycles. The first-order chi connectivity index (χ1) is 21.8. The summed E-state index contributed by atoms with van der Waals surface area (Å²) in [4.78, 5) is 4.48. The standard InChI is InChI=1S/C19H14FN3.C18H16FN3/c20-15-7-4-13(5-8-15)14-6-9-19-18(10-14)22-12-23(19)17-3-1-2-16(21)11-17;19-14-7-4-12(5-8-14)13-6-9-18(17(21)10-13)22-16-3-1-2-15(20)11-16/h1-12H,21H2;1-11,22H,20-21H2.